The highest BCUT2D eigenvalue weighted by molar-refractivity contribution is 5.95. The fourth-order valence-corrected chi connectivity index (χ4v) is 5.85. The molecule has 2 fully saturated rings. The van der Waals surface area contributed by atoms with Crippen LogP contribution >= 0.6 is 0 Å². The lowest BCUT2D eigenvalue weighted by atomic mass is 9.82. The number of guanidine groups is 1. The number of benzene rings is 2. The predicted molar refractivity (Wildman–Crippen MR) is 149 cm³/mol. The number of tetrazole rings is 1. The van der Waals surface area contributed by atoms with Gasteiger partial charge in [0.25, 0.3) is 0 Å². The first-order valence-corrected chi connectivity index (χ1v) is 13.9. The maximum atomic E-state index is 13.8. The summed E-state index contributed by atoms with van der Waals surface area (Å²) in [6.45, 7) is 1.47. The number of nitrogens with zero attached hydrogens (tertiary/aromatic N) is 7. The minimum Gasteiger partial charge on any atom is -0.352 e. The fourth-order valence-electron chi connectivity index (χ4n) is 5.85. The minimum absolute atomic E-state index is 0.123. The summed E-state index contributed by atoms with van der Waals surface area (Å²) in [6.07, 6.45) is 8.37. The lowest BCUT2D eigenvalue weighted by Crippen LogP contribution is -2.52. The highest BCUT2D eigenvalue weighted by atomic mass is 19.1. The molecule has 2 aliphatic rings. The van der Waals surface area contributed by atoms with E-state index in [9.17, 15) is 14.4 Å². The van der Waals surface area contributed by atoms with Crippen LogP contribution in [0, 0.1) is 29.1 Å². The van der Waals surface area contributed by atoms with E-state index in [1.165, 1.54) is 12.1 Å². The molecule has 0 bridgehead atoms. The van der Waals surface area contributed by atoms with Crippen LogP contribution in [0.4, 0.5) is 10.1 Å². The zero-order valence-corrected chi connectivity index (χ0v) is 22.6. The average Bonchev–Trinajstić information content (AvgIpc) is 3.40. The van der Waals surface area contributed by atoms with Gasteiger partial charge < -0.3 is 15.5 Å². The number of aryl methyl sites for hydroxylation is 1. The van der Waals surface area contributed by atoms with Crippen LogP contribution in [-0.2, 0) is 18.3 Å². The molecule has 3 aromatic rings. The molecule has 40 heavy (non-hydrogen) atoms. The third-order valence-corrected chi connectivity index (χ3v) is 7.86. The van der Waals surface area contributed by atoms with Gasteiger partial charge in [0, 0.05) is 37.4 Å². The van der Waals surface area contributed by atoms with Gasteiger partial charge in [-0.3, -0.25) is 4.79 Å². The van der Waals surface area contributed by atoms with Crippen molar-refractivity contribution in [3.05, 3.63) is 59.9 Å². The van der Waals surface area contributed by atoms with Gasteiger partial charge in [-0.2, -0.15) is 5.26 Å². The lowest BCUT2D eigenvalue weighted by Gasteiger charge is -2.39. The Balaban J connectivity index is 1.23. The Bertz CT molecular complexity index is 1360. The Hall–Kier alpha value is -4.33. The van der Waals surface area contributed by atoms with E-state index in [4.69, 9.17) is 0 Å². The second-order valence-electron chi connectivity index (χ2n) is 10.7. The average molecular weight is 544 g/mol. The molecule has 2 heterocycles. The van der Waals surface area contributed by atoms with Crippen molar-refractivity contribution in [2.45, 2.75) is 51.0 Å². The van der Waals surface area contributed by atoms with Gasteiger partial charge in [0.15, 0.2) is 5.82 Å². The van der Waals surface area contributed by atoms with Crippen molar-refractivity contribution >= 4 is 17.6 Å². The largest absolute Gasteiger partial charge is 0.352 e. The van der Waals surface area contributed by atoms with Gasteiger partial charge in [0.05, 0.1) is 5.92 Å². The van der Waals surface area contributed by atoms with Crippen LogP contribution in [0.15, 0.2) is 53.5 Å². The number of carbonyl (C=O) groups is 1. The Morgan fingerprint density at radius 3 is 2.60 bits per heavy atom. The molecule has 208 valence electrons. The maximum absolute atomic E-state index is 13.8. The third kappa shape index (κ3) is 6.62. The van der Waals surface area contributed by atoms with Crippen LogP contribution < -0.4 is 10.6 Å². The summed E-state index contributed by atoms with van der Waals surface area (Å²) in [4.78, 5) is 19.8. The highest BCUT2D eigenvalue weighted by Crippen LogP contribution is 2.29. The number of piperidine rings is 1. The van der Waals surface area contributed by atoms with Crippen molar-refractivity contribution < 1.29 is 9.18 Å². The van der Waals surface area contributed by atoms with Crippen molar-refractivity contribution in [2.75, 3.05) is 18.4 Å². The molecule has 1 aromatic heterocycles. The molecular weight excluding hydrogens is 509 g/mol. The summed E-state index contributed by atoms with van der Waals surface area (Å²) in [5.74, 6) is 1.08. The zero-order valence-electron chi connectivity index (χ0n) is 22.6. The van der Waals surface area contributed by atoms with E-state index >= 15 is 0 Å². The predicted octanol–water partition coefficient (Wildman–Crippen LogP) is 3.89. The fraction of sp³-hybridized carbons (Fsp3) is 0.448. The number of aliphatic imine (C=N–C) groups is 1. The van der Waals surface area contributed by atoms with Gasteiger partial charge in [-0.15, -0.1) is 10.1 Å². The van der Waals surface area contributed by atoms with Crippen LogP contribution in [-0.4, -0.2) is 56.1 Å². The van der Waals surface area contributed by atoms with E-state index in [1.54, 1.807) is 11.7 Å². The summed E-state index contributed by atoms with van der Waals surface area (Å²) in [6, 6.07) is 14.1. The first kappa shape index (κ1) is 27.2. The second kappa shape index (κ2) is 12.7. The Labute approximate surface area is 233 Å². The molecule has 5 rings (SSSR count). The van der Waals surface area contributed by atoms with E-state index in [2.05, 4.69) is 31.2 Å². The smallest absolute Gasteiger partial charge is 0.227 e. The standard InChI is InChI=1S/C29H34FN9O/c1-38-27(35-36-37-38)22-10-14-24(15-11-22)33-29(32-19-31)34-26-7-3-2-6-25(26)28(40)39-16-4-5-21(18-39)17-20-8-12-23(30)13-9-20/h8-15,21,25-26H,2-7,16-18H2,1H3,(H2,32,33,34)/t21-,25+,26+/m0/s1. The molecule has 1 saturated carbocycles. The molecule has 2 N–H and O–H groups in total. The van der Waals surface area contributed by atoms with Crippen molar-refractivity contribution in [1.29, 1.82) is 5.26 Å². The van der Waals surface area contributed by atoms with Crippen molar-refractivity contribution in [3.8, 4) is 17.6 Å². The molecule has 11 heteroatoms. The van der Waals surface area contributed by atoms with E-state index in [0.29, 0.717) is 24.2 Å². The first-order valence-electron chi connectivity index (χ1n) is 13.9. The Morgan fingerprint density at radius 1 is 1.10 bits per heavy atom. The number of anilines is 1. The van der Waals surface area contributed by atoms with Crippen LogP contribution in [0.1, 0.15) is 44.1 Å². The summed E-state index contributed by atoms with van der Waals surface area (Å²) in [7, 11) is 1.78. The molecule has 3 atom stereocenters. The highest BCUT2D eigenvalue weighted by Gasteiger charge is 2.36. The summed E-state index contributed by atoms with van der Waals surface area (Å²) >= 11 is 0. The SMILES string of the molecule is Cn1nnnc1-c1ccc(N/C(=N/C#N)N[C@@H]2CCCC[C@H]2C(=O)N2CCC[C@@H](Cc3ccc(F)cc3)C2)cc1. The van der Waals surface area contributed by atoms with Crippen LogP contribution in [0.25, 0.3) is 11.4 Å². The topological polar surface area (TPSA) is 124 Å². The van der Waals surface area contributed by atoms with Gasteiger partial charge in [0.2, 0.25) is 18.1 Å². The Morgan fingerprint density at radius 2 is 1.88 bits per heavy atom. The summed E-state index contributed by atoms with van der Waals surface area (Å²) in [5.41, 5.74) is 2.71. The summed E-state index contributed by atoms with van der Waals surface area (Å²) in [5, 5.41) is 27.5. The van der Waals surface area contributed by atoms with Crippen molar-refractivity contribution in [2.24, 2.45) is 23.9 Å². The van der Waals surface area contributed by atoms with Gasteiger partial charge in [-0.05, 0) is 90.4 Å². The van der Waals surface area contributed by atoms with E-state index in [1.807, 2.05) is 47.5 Å². The number of nitriles is 1. The number of hydrogen-bond donors (Lipinski definition) is 2. The maximum Gasteiger partial charge on any atom is 0.227 e. The molecule has 0 spiro atoms. The molecule has 1 aliphatic carbocycles. The number of aromatic nitrogens is 4. The molecule has 1 amide bonds. The van der Waals surface area contributed by atoms with Crippen molar-refractivity contribution in [3.63, 3.8) is 0 Å². The molecule has 0 radical (unpaired) electrons. The van der Waals surface area contributed by atoms with Gasteiger partial charge in [-0.25, -0.2) is 9.07 Å². The zero-order chi connectivity index (χ0) is 27.9. The quantitative estimate of drug-likeness (QED) is 0.275. The summed E-state index contributed by atoms with van der Waals surface area (Å²) < 4.78 is 14.9. The Kier molecular flexibility index (Phi) is 8.64. The number of nitrogens with one attached hydrogen (secondary N) is 2. The third-order valence-electron chi connectivity index (χ3n) is 7.86. The normalized spacial score (nSPS) is 21.5. The number of carbonyl (C=O) groups excluding carboxylic acids is 1. The molecular formula is C29H34FN9O. The molecule has 2 aromatic carbocycles. The molecule has 1 saturated heterocycles. The first-order chi connectivity index (χ1) is 19.5. The molecule has 0 unspecified atom stereocenters. The van der Waals surface area contributed by atoms with Gasteiger partial charge in [-0.1, -0.05) is 25.0 Å². The second-order valence-corrected chi connectivity index (χ2v) is 10.7. The van der Waals surface area contributed by atoms with Crippen molar-refractivity contribution in [1.82, 2.24) is 30.4 Å². The van der Waals surface area contributed by atoms with Gasteiger partial charge in [0.1, 0.15) is 5.82 Å². The van der Waals surface area contributed by atoms with Gasteiger partial charge >= 0.3 is 0 Å². The number of rotatable bonds is 6. The van der Waals surface area contributed by atoms with E-state index in [-0.39, 0.29) is 23.7 Å². The number of halogens is 1. The van der Waals surface area contributed by atoms with Crippen LogP contribution in [0.5, 0.6) is 0 Å². The van der Waals surface area contributed by atoms with E-state index in [0.717, 1.165) is 68.3 Å². The van der Waals surface area contributed by atoms with E-state index < -0.39 is 0 Å². The molecule has 1 aliphatic heterocycles. The lowest BCUT2D eigenvalue weighted by molar-refractivity contribution is -0.139. The number of amides is 1. The number of hydrogen-bond acceptors (Lipinski definition) is 6. The minimum atomic E-state index is -0.231. The number of likely N-dealkylation sites (tertiary alicyclic amines) is 1. The van der Waals surface area contributed by atoms with Crippen LogP contribution in [0.2, 0.25) is 0 Å². The molecule has 10 nitrogen and oxygen atoms in total. The monoisotopic (exact) mass is 543 g/mol. The van der Waals surface area contributed by atoms with Crippen LogP contribution in [0.3, 0.4) is 0 Å².